The molecule has 1 atom stereocenters. The van der Waals surface area contributed by atoms with Gasteiger partial charge in [-0.25, -0.2) is 4.68 Å². The zero-order valence-electron chi connectivity index (χ0n) is 16.1. The van der Waals surface area contributed by atoms with Crippen molar-refractivity contribution >= 4 is 17.4 Å². The number of aromatic nitrogens is 6. The van der Waals surface area contributed by atoms with Gasteiger partial charge in [0.1, 0.15) is 18.1 Å². The topological polar surface area (TPSA) is 93.8 Å². The van der Waals surface area contributed by atoms with Gasteiger partial charge in [0.15, 0.2) is 5.82 Å². The van der Waals surface area contributed by atoms with Crippen LogP contribution in [0.1, 0.15) is 30.1 Å². The van der Waals surface area contributed by atoms with Crippen molar-refractivity contribution in [1.29, 1.82) is 0 Å². The molecule has 0 bridgehead atoms. The summed E-state index contributed by atoms with van der Waals surface area (Å²) in [5.41, 5.74) is 2.73. The van der Waals surface area contributed by atoms with Crippen LogP contribution >= 0.6 is 0 Å². The van der Waals surface area contributed by atoms with E-state index in [1.165, 1.54) is 11.0 Å². The number of benzene rings is 1. The molecule has 0 saturated carbocycles. The summed E-state index contributed by atoms with van der Waals surface area (Å²) in [6, 6.07) is 9.31. The monoisotopic (exact) mass is 380 g/mol. The van der Waals surface area contributed by atoms with Crippen LogP contribution in [0.2, 0.25) is 0 Å². The molecule has 28 heavy (non-hydrogen) atoms. The van der Waals surface area contributed by atoms with E-state index in [9.17, 15) is 4.79 Å². The number of rotatable bonds is 6. The minimum absolute atomic E-state index is 0.160. The number of tetrazole rings is 1. The second-order valence-corrected chi connectivity index (χ2v) is 7.09. The first-order chi connectivity index (χ1) is 13.6. The van der Waals surface area contributed by atoms with Crippen LogP contribution in [0.3, 0.4) is 0 Å². The molecule has 0 aliphatic carbocycles. The lowest BCUT2D eigenvalue weighted by molar-refractivity contribution is -0.119. The SMILES string of the molecule is Cc1c(NC(=O)C(Cc2ccccc2)n2cnnn2)c(N2CCCC2)nn1C. The van der Waals surface area contributed by atoms with Gasteiger partial charge >= 0.3 is 0 Å². The first kappa shape index (κ1) is 18.1. The van der Waals surface area contributed by atoms with Crippen molar-refractivity contribution < 1.29 is 4.79 Å². The highest BCUT2D eigenvalue weighted by atomic mass is 16.2. The van der Waals surface area contributed by atoms with Crippen LogP contribution in [-0.2, 0) is 18.3 Å². The molecule has 1 fully saturated rings. The lowest BCUT2D eigenvalue weighted by Gasteiger charge is -2.19. The number of amides is 1. The van der Waals surface area contributed by atoms with Gasteiger partial charge in [-0.15, -0.1) is 5.10 Å². The highest BCUT2D eigenvalue weighted by Crippen LogP contribution is 2.31. The molecule has 3 aromatic rings. The minimum Gasteiger partial charge on any atom is -0.353 e. The van der Waals surface area contributed by atoms with E-state index in [1.54, 1.807) is 0 Å². The summed E-state index contributed by atoms with van der Waals surface area (Å²) in [5.74, 6) is 0.675. The van der Waals surface area contributed by atoms with Crippen molar-refractivity contribution in [1.82, 2.24) is 30.0 Å². The van der Waals surface area contributed by atoms with Gasteiger partial charge in [0.05, 0.1) is 5.69 Å². The second-order valence-electron chi connectivity index (χ2n) is 7.09. The smallest absolute Gasteiger partial charge is 0.249 e. The van der Waals surface area contributed by atoms with E-state index in [1.807, 2.05) is 49.0 Å². The van der Waals surface area contributed by atoms with Gasteiger partial charge in [-0.1, -0.05) is 30.3 Å². The number of aryl methyl sites for hydroxylation is 1. The van der Waals surface area contributed by atoms with E-state index in [4.69, 9.17) is 0 Å². The Bertz CT molecular complexity index is 929. The molecule has 1 unspecified atom stereocenters. The first-order valence-electron chi connectivity index (χ1n) is 9.49. The second kappa shape index (κ2) is 7.79. The number of hydrogen-bond donors (Lipinski definition) is 1. The number of anilines is 2. The Morgan fingerprint density at radius 2 is 1.96 bits per heavy atom. The molecule has 3 heterocycles. The molecule has 1 N–H and O–H groups in total. The third-order valence-electron chi connectivity index (χ3n) is 5.23. The maximum absolute atomic E-state index is 13.3. The molecule has 2 aromatic heterocycles. The van der Waals surface area contributed by atoms with Crippen LogP contribution in [0.25, 0.3) is 0 Å². The summed E-state index contributed by atoms with van der Waals surface area (Å²) >= 11 is 0. The maximum Gasteiger partial charge on any atom is 0.249 e. The average molecular weight is 380 g/mol. The molecule has 1 aromatic carbocycles. The Morgan fingerprint density at radius 1 is 1.21 bits per heavy atom. The van der Waals surface area contributed by atoms with Crippen LogP contribution in [0.5, 0.6) is 0 Å². The molecule has 0 radical (unpaired) electrons. The van der Waals surface area contributed by atoms with Gasteiger partial charge in [-0.05, 0) is 35.8 Å². The number of carbonyl (C=O) groups is 1. The predicted octanol–water partition coefficient (Wildman–Crippen LogP) is 1.74. The Hall–Kier alpha value is -3.23. The summed E-state index contributed by atoms with van der Waals surface area (Å²) in [6.45, 7) is 3.88. The summed E-state index contributed by atoms with van der Waals surface area (Å²) in [6.07, 6.45) is 4.26. The standard InChI is InChI=1S/C19H24N8O/c1-14-17(18(22-25(14)2)26-10-6-7-11-26)21-19(28)16(27-13-20-23-24-27)12-15-8-4-3-5-9-15/h3-5,8-9,13,16H,6-7,10-12H2,1-2H3,(H,21,28). The van der Waals surface area contributed by atoms with E-state index in [0.717, 1.165) is 48.7 Å². The number of hydrogen-bond acceptors (Lipinski definition) is 6. The van der Waals surface area contributed by atoms with Crippen LogP contribution in [0, 0.1) is 6.92 Å². The summed E-state index contributed by atoms with van der Waals surface area (Å²) in [4.78, 5) is 15.5. The fourth-order valence-electron chi connectivity index (χ4n) is 3.55. The van der Waals surface area contributed by atoms with Crippen molar-refractivity contribution in [2.24, 2.45) is 7.05 Å². The van der Waals surface area contributed by atoms with Crippen LogP contribution in [0.4, 0.5) is 11.5 Å². The summed E-state index contributed by atoms with van der Waals surface area (Å²) in [5, 5.41) is 19.1. The van der Waals surface area contributed by atoms with Gasteiger partial charge < -0.3 is 10.2 Å². The van der Waals surface area contributed by atoms with Crippen molar-refractivity contribution in [3.63, 3.8) is 0 Å². The van der Waals surface area contributed by atoms with E-state index in [-0.39, 0.29) is 5.91 Å². The lowest BCUT2D eigenvalue weighted by Crippen LogP contribution is -2.29. The Kier molecular flexibility index (Phi) is 5.05. The normalized spacial score (nSPS) is 15.0. The van der Waals surface area contributed by atoms with Gasteiger partial charge in [-0.2, -0.15) is 5.10 Å². The molecule has 0 spiro atoms. The van der Waals surface area contributed by atoms with E-state index in [0.29, 0.717) is 6.42 Å². The molecule has 4 rings (SSSR count). The fraction of sp³-hybridized carbons (Fsp3) is 0.421. The molecule has 1 aliphatic heterocycles. The zero-order valence-corrected chi connectivity index (χ0v) is 16.1. The summed E-state index contributed by atoms with van der Waals surface area (Å²) < 4.78 is 3.32. The number of carbonyl (C=O) groups excluding carboxylic acids is 1. The predicted molar refractivity (Wildman–Crippen MR) is 105 cm³/mol. The van der Waals surface area contributed by atoms with E-state index in [2.05, 4.69) is 30.8 Å². The highest BCUT2D eigenvalue weighted by Gasteiger charge is 2.27. The summed E-state index contributed by atoms with van der Waals surface area (Å²) in [7, 11) is 1.90. The van der Waals surface area contributed by atoms with Gasteiger partial charge in [0.2, 0.25) is 5.91 Å². The third-order valence-corrected chi connectivity index (χ3v) is 5.23. The van der Waals surface area contributed by atoms with Crippen LogP contribution in [0.15, 0.2) is 36.7 Å². The van der Waals surface area contributed by atoms with Crippen molar-refractivity contribution in [3.05, 3.63) is 47.9 Å². The molecule has 1 saturated heterocycles. The molecule has 9 heteroatoms. The molecule has 1 amide bonds. The molecule has 1 aliphatic rings. The van der Waals surface area contributed by atoms with Crippen molar-refractivity contribution in [2.45, 2.75) is 32.2 Å². The lowest BCUT2D eigenvalue weighted by atomic mass is 10.1. The van der Waals surface area contributed by atoms with Crippen LogP contribution < -0.4 is 10.2 Å². The van der Waals surface area contributed by atoms with E-state index < -0.39 is 6.04 Å². The molecule has 9 nitrogen and oxygen atoms in total. The van der Waals surface area contributed by atoms with E-state index >= 15 is 0 Å². The maximum atomic E-state index is 13.3. The van der Waals surface area contributed by atoms with Gasteiger partial charge in [-0.3, -0.25) is 9.48 Å². The molecular formula is C19H24N8O. The quantitative estimate of drug-likeness (QED) is 0.700. The third kappa shape index (κ3) is 3.60. The minimum atomic E-state index is -0.552. The molecular weight excluding hydrogens is 356 g/mol. The van der Waals surface area contributed by atoms with Gasteiger partial charge in [0, 0.05) is 26.6 Å². The number of nitrogens with zero attached hydrogens (tertiary/aromatic N) is 7. The van der Waals surface area contributed by atoms with Crippen molar-refractivity contribution in [2.75, 3.05) is 23.3 Å². The fourth-order valence-corrected chi connectivity index (χ4v) is 3.55. The number of nitrogens with one attached hydrogen (secondary N) is 1. The average Bonchev–Trinajstić information content (AvgIpc) is 3.46. The Morgan fingerprint density at radius 3 is 2.64 bits per heavy atom. The van der Waals surface area contributed by atoms with Crippen molar-refractivity contribution in [3.8, 4) is 0 Å². The first-order valence-corrected chi connectivity index (χ1v) is 9.49. The zero-order chi connectivity index (χ0) is 19.5. The largest absolute Gasteiger partial charge is 0.353 e. The highest BCUT2D eigenvalue weighted by molar-refractivity contribution is 5.97. The van der Waals surface area contributed by atoms with Crippen LogP contribution in [-0.4, -0.2) is 49.0 Å². The van der Waals surface area contributed by atoms with Gasteiger partial charge in [0.25, 0.3) is 0 Å². The Labute approximate surface area is 163 Å². The molecule has 146 valence electrons. The Balaban J connectivity index is 1.61.